The van der Waals surface area contributed by atoms with E-state index in [4.69, 9.17) is 5.73 Å². The number of nitrogens with one attached hydrogen (secondary N) is 1. The molecule has 1 aliphatic rings. The number of benzene rings is 1. The first-order valence-corrected chi connectivity index (χ1v) is 7.69. The number of H-pyrrole nitrogens is 1. The zero-order valence-corrected chi connectivity index (χ0v) is 13.1. The fourth-order valence-electron chi connectivity index (χ4n) is 2.68. The molecular formula is C15H19BrN4. The molecule has 1 aliphatic heterocycles. The molecule has 3 N–H and O–H groups in total. The van der Waals surface area contributed by atoms with Crippen LogP contribution in [0.4, 0.5) is 0 Å². The summed E-state index contributed by atoms with van der Waals surface area (Å²) in [5.74, 6) is 1.57. The van der Waals surface area contributed by atoms with Crippen LogP contribution in [-0.2, 0) is 6.54 Å². The molecule has 0 saturated carbocycles. The molecule has 1 saturated heterocycles. The molecule has 0 bridgehead atoms. The van der Waals surface area contributed by atoms with Crippen molar-refractivity contribution < 1.29 is 0 Å². The number of aromatic amines is 1. The predicted octanol–water partition coefficient (Wildman–Crippen LogP) is 2.62. The summed E-state index contributed by atoms with van der Waals surface area (Å²) >= 11 is 3.49. The Labute approximate surface area is 127 Å². The average molecular weight is 335 g/mol. The number of aromatic nitrogens is 2. The van der Waals surface area contributed by atoms with Crippen molar-refractivity contribution in [1.29, 1.82) is 0 Å². The van der Waals surface area contributed by atoms with E-state index in [1.54, 1.807) is 0 Å². The van der Waals surface area contributed by atoms with Crippen molar-refractivity contribution in [2.24, 2.45) is 11.7 Å². The Morgan fingerprint density at radius 2 is 2.30 bits per heavy atom. The molecule has 20 heavy (non-hydrogen) atoms. The zero-order valence-electron chi connectivity index (χ0n) is 11.5. The molecule has 1 fully saturated rings. The topological polar surface area (TPSA) is 57.9 Å². The van der Waals surface area contributed by atoms with Crippen LogP contribution in [0.3, 0.4) is 0 Å². The van der Waals surface area contributed by atoms with Crippen molar-refractivity contribution in [2.45, 2.75) is 19.5 Å². The summed E-state index contributed by atoms with van der Waals surface area (Å²) in [4.78, 5) is 10.2. The first-order valence-electron chi connectivity index (χ1n) is 6.89. The van der Waals surface area contributed by atoms with Gasteiger partial charge >= 0.3 is 0 Å². The van der Waals surface area contributed by atoms with E-state index in [-0.39, 0.29) is 6.04 Å². The standard InChI is InChI=1S/C15H19BrN4/c1-10-7-20(8-13(10)17)9-15-18-6-14(19-15)11-3-2-4-12(16)5-11/h2-6,10,13H,7-9,17H2,1H3,(H,18,19). The second-order valence-corrected chi connectivity index (χ2v) is 6.50. The van der Waals surface area contributed by atoms with Gasteiger partial charge in [0, 0.05) is 29.2 Å². The van der Waals surface area contributed by atoms with Crippen molar-refractivity contribution in [3.05, 3.63) is 40.8 Å². The first kappa shape index (κ1) is 13.8. The highest BCUT2D eigenvalue weighted by Gasteiger charge is 2.26. The number of hydrogen-bond donors (Lipinski definition) is 2. The molecule has 4 nitrogen and oxygen atoms in total. The molecule has 5 heteroatoms. The van der Waals surface area contributed by atoms with E-state index in [1.165, 1.54) is 0 Å². The normalized spacial score (nSPS) is 23.4. The molecule has 2 aromatic rings. The van der Waals surface area contributed by atoms with Crippen LogP contribution in [0.25, 0.3) is 11.3 Å². The van der Waals surface area contributed by atoms with E-state index < -0.39 is 0 Å². The summed E-state index contributed by atoms with van der Waals surface area (Å²) < 4.78 is 1.07. The summed E-state index contributed by atoms with van der Waals surface area (Å²) in [7, 11) is 0. The molecular weight excluding hydrogens is 316 g/mol. The van der Waals surface area contributed by atoms with Crippen molar-refractivity contribution in [1.82, 2.24) is 14.9 Å². The maximum atomic E-state index is 6.06. The molecule has 0 aliphatic carbocycles. The SMILES string of the molecule is CC1CN(Cc2ncc(-c3cccc(Br)c3)[nH]2)CC1N. The fourth-order valence-corrected chi connectivity index (χ4v) is 3.08. The highest BCUT2D eigenvalue weighted by Crippen LogP contribution is 2.22. The minimum atomic E-state index is 0.287. The third kappa shape index (κ3) is 2.95. The second kappa shape index (κ2) is 5.68. The molecule has 3 rings (SSSR count). The Morgan fingerprint density at radius 1 is 1.45 bits per heavy atom. The number of likely N-dealkylation sites (tertiary alicyclic amines) is 1. The summed E-state index contributed by atoms with van der Waals surface area (Å²) in [6.45, 7) is 5.05. The van der Waals surface area contributed by atoms with Gasteiger partial charge in [-0.2, -0.15) is 0 Å². The lowest BCUT2D eigenvalue weighted by atomic mass is 10.1. The van der Waals surface area contributed by atoms with Crippen LogP contribution < -0.4 is 5.73 Å². The molecule has 1 aromatic carbocycles. The van der Waals surface area contributed by atoms with E-state index in [1.807, 2.05) is 18.3 Å². The number of hydrogen-bond acceptors (Lipinski definition) is 3. The van der Waals surface area contributed by atoms with Gasteiger partial charge in [0.2, 0.25) is 0 Å². The number of halogens is 1. The van der Waals surface area contributed by atoms with E-state index in [0.717, 1.165) is 41.2 Å². The average Bonchev–Trinajstić information content (AvgIpc) is 2.98. The van der Waals surface area contributed by atoms with Crippen LogP contribution in [0.2, 0.25) is 0 Å². The van der Waals surface area contributed by atoms with Gasteiger partial charge in [0.1, 0.15) is 5.82 Å². The van der Waals surface area contributed by atoms with Crippen LogP contribution in [0, 0.1) is 5.92 Å². The van der Waals surface area contributed by atoms with Gasteiger partial charge in [0.05, 0.1) is 18.4 Å². The summed E-state index contributed by atoms with van der Waals surface area (Å²) in [5.41, 5.74) is 8.25. The van der Waals surface area contributed by atoms with E-state index in [9.17, 15) is 0 Å². The number of rotatable bonds is 3. The number of imidazole rings is 1. The van der Waals surface area contributed by atoms with Gasteiger partial charge in [-0.05, 0) is 18.1 Å². The lowest BCUT2D eigenvalue weighted by molar-refractivity contribution is 0.311. The Morgan fingerprint density at radius 3 is 3.00 bits per heavy atom. The minimum absolute atomic E-state index is 0.287. The Bertz CT molecular complexity index is 585. The van der Waals surface area contributed by atoms with Gasteiger partial charge < -0.3 is 10.7 Å². The van der Waals surface area contributed by atoms with Crippen LogP contribution in [0.1, 0.15) is 12.7 Å². The van der Waals surface area contributed by atoms with Crippen molar-refractivity contribution in [3.8, 4) is 11.3 Å². The lowest BCUT2D eigenvalue weighted by Gasteiger charge is -2.12. The smallest absolute Gasteiger partial charge is 0.120 e. The van der Waals surface area contributed by atoms with Crippen LogP contribution in [0.5, 0.6) is 0 Å². The lowest BCUT2D eigenvalue weighted by Crippen LogP contribution is -2.28. The van der Waals surface area contributed by atoms with Gasteiger partial charge in [-0.25, -0.2) is 4.98 Å². The third-order valence-electron chi connectivity index (χ3n) is 3.88. The third-order valence-corrected chi connectivity index (χ3v) is 4.38. The number of nitrogens with two attached hydrogens (primary N) is 1. The quantitative estimate of drug-likeness (QED) is 0.907. The van der Waals surface area contributed by atoms with Gasteiger partial charge in [-0.3, -0.25) is 4.90 Å². The van der Waals surface area contributed by atoms with Gasteiger partial charge in [-0.15, -0.1) is 0 Å². The van der Waals surface area contributed by atoms with Crippen LogP contribution >= 0.6 is 15.9 Å². The van der Waals surface area contributed by atoms with Crippen LogP contribution in [-0.4, -0.2) is 34.0 Å². The largest absolute Gasteiger partial charge is 0.341 e. The van der Waals surface area contributed by atoms with Gasteiger partial charge in [0.25, 0.3) is 0 Å². The summed E-state index contributed by atoms with van der Waals surface area (Å²) in [5, 5.41) is 0. The molecule has 2 heterocycles. The van der Waals surface area contributed by atoms with Gasteiger partial charge in [-0.1, -0.05) is 35.0 Å². The first-order chi connectivity index (χ1) is 9.61. The van der Waals surface area contributed by atoms with Crippen molar-refractivity contribution in [2.75, 3.05) is 13.1 Å². The molecule has 0 radical (unpaired) electrons. The molecule has 0 spiro atoms. The van der Waals surface area contributed by atoms with E-state index in [2.05, 4.69) is 49.9 Å². The van der Waals surface area contributed by atoms with Crippen molar-refractivity contribution >= 4 is 15.9 Å². The fraction of sp³-hybridized carbons (Fsp3) is 0.400. The molecule has 2 atom stereocenters. The second-order valence-electron chi connectivity index (χ2n) is 5.59. The maximum Gasteiger partial charge on any atom is 0.120 e. The predicted molar refractivity (Wildman–Crippen MR) is 84.1 cm³/mol. The minimum Gasteiger partial charge on any atom is -0.341 e. The summed E-state index contributed by atoms with van der Waals surface area (Å²) in [6.07, 6.45) is 1.90. The molecule has 0 amide bonds. The van der Waals surface area contributed by atoms with E-state index in [0.29, 0.717) is 5.92 Å². The summed E-state index contributed by atoms with van der Waals surface area (Å²) in [6, 6.07) is 8.50. The molecule has 2 unspecified atom stereocenters. The zero-order chi connectivity index (χ0) is 14.1. The number of nitrogens with zero attached hydrogens (tertiary/aromatic N) is 2. The Balaban J connectivity index is 1.71. The highest BCUT2D eigenvalue weighted by molar-refractivity contribution is 9.10. The molecule has 1 aromatic heterocycles. The Hall–Kier alpha value is -1.17. The van der Waals surface area contributed by atoms with E-state index >= 15 is 0 Å². The Kier molecular flexibility index (Phi) is 3.92. The van der Waals surface area contributed by atoms with Crippen molar-refractivity contribution in [3.63, 3.8) is 0 Å². The van der Waals surface area contributed by atoms with Crippen LogP contribution in [0.15, 0.2) is 34.9 Å². The maximum absolute atomic E-state index is 6.06. The monoisotopic (exact) mass is 334 g/mol. The highest BCUT2D eigenvalue weighted by atomic mass is 79.9. The molecule has 106 valence electrons. The van der Waals surface area contributed by atoms with Gasteiger partial charge in [0.15, 0.2) is 0 Å².